The maximum absolute atomic E-state index is 5.24. The smallest absolute Gasteiger partial charge is 0.120 e. The van der Waals surface area contributed by atoms with Crippen molar-refractivity contribution in [1.29, 1.82) is 0 Å². The first-order valence-corrected chi connectivity index (χ1v) is 5.60. The SMILES string of the molecule is COc1ccc2c(C)c(C(C)(C)C)[nH]c2c1. The summed E-state index contributed by atoms with van der Waals surface area (Å²) < 4.78 is 5.24. The zero-order valence-corrected chi connectivity index (χ0v) is 10.6. The van der Waals surface area contributed by atoms with Crippen molar-refractivity contribution >= 4 is 10.9 Å². The third kappa shape index (κ3) is 1.69. The Hall–Kier alpha value is -1.44. The van der Waals surface area contributed by atoms with Crippen LogP contribution in [0.1, 0.15) is 32.0 Å². The summed E-state index contributed by atoms with van der Waals surface area (Å²) in [5.74, 6) is 0.897. The fraction of sp³-hybridized carbons (Fsp3) is 0.429. The number of rotatable bonds is 1. The maximum Gasteiger partial charge on any atom is 0.120 e. The number of hydrogen-bond acceptors (Lipinski definition) is 1. The molecule has 0 radical (unpaired) electrons. The van der Waals surface area contributed by atoms with E-state index >= 15 is 0 Å². The van der Waals surface area contributed by atoms with Crippen LogP contribution in [0.25, 0.3) is 10.9 Å². The number of aryl methyl sites for hydroxylation is 1. The molecule has 2 aromatic rings. The Morgan fingerprint density at radius 2 is 1.88 bits per heavy atom. The summed E-state index contributed by atoms with van der Waals surface area (Å²) in [5.41, 5.74) is 3.94. The summed E-state index contributed by atoms with van der Waals surface area (Å²) in [6.45, 7) is 8.84. The number of fused-ring (bicyclic) bond motifs is 1. The number of methoxy groups -OCH3 is 1. The molecule has 2 nitrogen and oxygen atoms in total. The predicted molar refractivity (Wildman–Crippen MR) is 68.3 cm³/mol. The molecule has 2 rings (SSSR count). The van der Waals surface area contributed by atoms with Crippen LogP contribution >= 0.6 is 0 Å². The Balaban J connectivity index is 2.68. The van der Waals surface area contributed by atoms with Gasteiger partial charge >= 0.3 is 0 Å². The van der Waals surface area contributed by atoms with E-state index in [1.807, 2.05) is 6.07 Å². The van der Waals surface area contributed by atoms with Gasteiger partial charge in [0.2, 0.25) is 0 Å². The predicted octanol–water partition coefficient (Wildman–Crippen LogP) is 3.78. The van der Waals surface area contributed by atoms with E-state index in [0.717, 1.165) is 11.3 Å². The number of nitrogens with one attached hydrogen (secondary N) is 1. The van der Waals surface area contributed by atoms with Crippen LogP contribution in [0.5, 0.6) is 5.75 Å². The van der Waals surface area contributed by atoms with Crippen LogP contribution in [0, 0.1) is 6.92 Å². The fourth-order valence-electron chi connectivity index (χ4n) is 2.19. The zero-order chi connectivity index (χ0) is 11.9. The van der Waals surface area contributed by atoms with Crippen LogP contribution < -0.4 is 4.74 Å². The largest absolute Gasteiger partial charge is 0.497 e. The highest BCUT2D eigenvalue weighted by Crippen LogP contribution is 2.32. The Labute approximate surface area is 96.6 Å². The van der Waals surface area contributed by atoms with Gasteiger partial charge in [-0.05, 0) is 24.6 Å². The molecule has 0 amide bonds. The van der Waals surface area contributed by atoms with Crippen LogP contribution in [-0.2, 0) is 5.41 Å². The van der Waals surface area contributed by atoms with E-state index in [1.54, 1.807) is 7.11 Å². The third-order valence-electron chi connectivity index (χ3n) is 3.02. The van der Waals surface area contributed by atoms with Gasteiger partial charge in [-0.2, -0.15) is 0 Å². The van der Waals surface area contributed by atoms with Gasteiger partial charge in [0.25, 0.3) is 0 Å². The second-order valence-electron chi connectivity index (χ2n) is 5.29. The third-order valence-corrected chi connectivity index (χ3v) is 3.02. The van der Waals surface area contributed by atoms with Crippen LogP contribution in [0.4, 0.5) is 0 Å². The summed E-state index contributed by atoms with van der Waals surface area (Å²) in [4.78, 5) is 3.50. The lowest BCUT2D eigenvalue weighted by Gasteiger charge is -2.17. The number of ether oxygens (including phenoxy) is 1. The first kappa shape index (κ1) is 11.1. The van der Waals surface area contributed by atoms with Gasteiger partial charge in [-0.3, -0.25) is 0 Å². The first-order valence-electron chi connectivity index (χ1n) is 5.60. The summed E-state index contributed by atoms with van der Waals surface area (Å²) in [5, 5.41) is 1.28. The van der Waals surface area contributed by atoms with Crippen molar-refractivity contribution in [2.75, 3.05) is 7.11 Å². The molecule has 0 aliphatic heterocycles. The molecule has 0 atom stereocenters. The maximum atomic E-state index is 5.24. The highest BCUT2D eigenvalue weighted by molar-refractivity contribution is 5.86. The van der Waals surface area contributed by atoms with Crippen LogP contribution in [0.2, 0.25) is 0 Å². The highest BCUT2D eigenvalue weighted by atomic mass is 16.5. The van der Waals surface area contributed by atoms with Crippen molar-refractivity contribution in [2.24, 2.45) is 0 Å². The van der Waals surface area contributed by atoms with E-state index in [4.69, 9.17) is 4.74 Å². The molecule has 0 fully saturated rings. The molecular formula is C14H19NO. The number of H-pyrrole nitrogens is 1. The Morgan fingerprint density at radius 3 is 2.44 bits per heavy atom. The van der Waals surface area contributed by atoms with Crippen molar-refractivity contribution < 1.29 is 4.74 Å². The summed E-state index contributed by atoms with van der Waals surface area (Å²) in [6.07, 6.45) is 0. The van der Waals surface area contributed by atoms with Gasteiger partial charge in [0.05, 0.1) is 7.11 Å². The second-order valence-corrected chi connectivity index (χ2v) is 5.29. The van der Waals surface area contributed by atoms with E-state index < -0.39 is 0 Å². The van der Waals surface area contributed by atoms with Crippen LogP contribution in [0.3, 0.4) is 0 Å². The van der Waals surface area contributed by atoms with Gasteiger partial charge < -0.3 is 9.72 Å². The van der Waals surface area contributed by atoms with Gasteiger partial charge in [0.1, 0.15) is 5.75 Å². The minimum absolute atomic E-state index is 0.149. The molecule has 0 spiro atoms. The lowest BCUT2D eigenvalue weighted by Crippen LogP contribution is -2.12. The molecule has 86 valence electrons. The fourth-order valence-corrected chi connectivity index (χ4v) is 2.19. The van der Waals surface area contributed by atoms with Crippen molar-refractivity contribution in [1.82, 2.24) is 4.98 Å². The Bertz CT molecular complexity index is 517. The molecule has 0 bridgehead atoms. The summed E-state index contributed by atoms with van der Waals surface area (Å²) in [6, 6.07) is 6.18. The molecule has 16 heavy (non-hydrogen) atoms. The van der Waals surface area contributed by atoms with Gasteiger partial charge in [0, 0.05) is 28.1 Å². The molecule has 2 heteroatoms. The average Bonchev–Trinajstić information content (AvgIpc) is 2.55. The highest BCUT2D eigenvalue weighted by Gasteiger charge is 2.20. The topological polar surface area (TPSA) is 25.0 Å². The molecule has 0 saturated carbocycles. The van der Waals surface area contributed by atoms with Gasteiger partial charge in [-0.1, -0.05) is 20.8 Å². The zero-order valence-electron chi connectivity index (χ0n) is 10.6. The van der Waals surface area contributed by atoms with Gasteiger partial charge in [-0.25, -0.2) is 0 Å². The minimum atomic E-state index is 0.149. The Morgan fingerprint density at radius 1 is 1.19 bits per heavy atom. The monoisotopic (exact) mass is 217 g/mol. The summed E-state index contributed by atoms with van der Waals surface area (Å²) in [7, 11) is 1.70. The molecule has 1 aromatic heterocycles. The van der Waals surface area contributed by atoms with Crippen molar-refractivity contribution in [2.45, 2.75) is 33.1 Å². The van der Waals surface area contributed by atoms with Crippen LogP contribution in [0.15, 0.2) is 18.2 Å². The first-order chi connectivity index (χ1) is 7.43. The van der Waals surface area contributed by atoms with Crippen LogP contribution in [-0.4, -0.2) is 12.1 Å². The molecular weight excluding hydrogens is 198 g/mol. The molecule has 0 unspecified atom stereocenters. The number of benzene rings is 1. The number of hydrogen-bond donors (Lipinski definition) is 1. The lowest BCUT2D eigenvalue weighted by molar-refractivity contribution is 0.415. The number of aromatic amines is 1. The van der Waals surface area contributed by atoms with E-state index in [9.17, 15) is 0 Å². The standard InChI is InChI=1S/C14H19NO/c1-9-11-7-6-10(16-5)8-12(11)15-13(9)14(2,3)4/h6-8,15H,1-5H3. The van der Waals surface area contributed by atoms with E-state index in [1.165, 1.54) is 16.6 Å². The molecule has 0 aliphatic carbocycles. The molecule has 1 heterocycles. The Kier molecular flexibility index (Phi) is 2.45. The normalized spacial score (nSPS) is 12.1. The van der Waals surface area contributed by atoms with E-state index in [-0.39, 0.29) is 5.41 Å². The molecule has 0 aliphatic rings. The van der Waals surface area contributed by atoms with E-state index in [2.05, 4.69) is 44.8 Å². The average molecular weight is 217 g/mol. The minimum Gasteiger partial charge on any atom is -0.497 e. The van der Waals surface area contributed by atoms with Crippen molar-refractivity contribution in [3.8, 4) is 5.75 Å². The molecule has 1 aromatic carbocycles. The molecule has 0 saturated heterocycles. The lowest BCUT2D eigenvalue weighted by atomic mass is 9.89. The molecule has 1 N–H and O–H groups in total. The second kappa shape index (κ2) is 3.55. The quantitative estimate of drug-likeness (QED) is 0.772. The van der Waals surface area contributed by atoms with Gasteiger partial charge in [0.15, 0.2) is 0 Å². The van der Waals surface area contributed by atoms with Crippen molar-refractivity contribution in [3.63, 3.8) is 0 Å². The van der Waals surface area contributed by atoms with E-state index in [0.29, 0.717) is 0 Å². The van der Waals surface area contributed by atoms with Crippen molar-refractivity contribution in [3.05, 3.63) is 29.5 Å². The van der Waals surface area contributed by atoms with Gasteiger partial charge in [-0.15, -0.1) is 0 Å². The number of aromatic nitrogens is 1. The summed E-state index contributed by atoms with van der Waals surface area (Å²) >= 11 is 0.